The summed E-state index contributed by atoms with van der Waals surface area (Å²) in [5.74, 6) is -3.03. The number of carbonyl (C=O) groups excluding carboxylic acids is 4. The molecule has 0 radical (unpaired) electrons. The van der Waals surface area contributed by atoms with Crippen LogP contribution in [0.2, 0.25) is 0 Å². The van der Waals surface area contributed by atoms with Crippen LogP contribution in [0.15, 0.2) is 66.7 Å². The topological polar surface area (TPSA) is 148 Å². The lowest BCUT2D eigenvalue weighted by atomic mass is 10.2. The zero-order valence-electron chi connectivity index (χ0n) is 25.8. The van der Waals surface area contributed by atoms with E-state index in [1.807, 2.05) is 30.3 Å². The van der Waals surface area contributed by atoms with Gasteiger partial charge in [-0.25, -0.2) is 14.0 Å². The average molecular weight is 643 g/mol. The van der Waals surface area contributed by atoms with Gasteiger partial charge >= 0.3 is 23.9 Å². The average Bonchev–Trinajstić information content (AvgIpc) is 3.08. The van der Waals surface area contributed by atoms with Gasteiger partial charge in [0.1, 0.15) is 56.0 Å². The van der Waals surface area contributed by atoms with Gasteiger partial charge in [-0.15, -0.1) is 0 Å². The molecule has 0 aliphatic heterocycles. The van der Waals surface area contributed by atoms with Crippen LogP contribution in [0.5, 0.6) is 17.2 Å². The lowest BCUT2D eigenvalue weighted by molar-refractivity contribution is -0.153. The number of halogens is 1. The fourth-order valence-corrected chi connectivity index (χ4v) is 4.01. The first kappa shape index (κ1) is 35.0. The molecule has 0 saturated heterocycles. The van der Waals surface area contributed by atoms with Crippen LogP contribution in [-0.4, -0.2) is 84.7 Å². The molecule has 0 bridgehead atoms. The molecule has 3 aromatic rings. The summed E-state index contributed by atoms with van der Waals surface area (Å²) in [5.41, 5.74) is 1.37. The van der Waals surface area contributed by atoms with Gasteiger partial charge in [0.2, 0.25) is 6.04 Å². The minimum absolute atomic E-state index is 0.0238. The van der Waals surface area contributed by atoms with Crippen LogP contribution >= 0.6 is 0 Å². The highest BCUT2D eigenvalue weighted by Crippen LogP contribution is 2.33. The number of nitrogens with one attached hydrogen (secondary N) is 1. The largest absolute Gasteiger partial charge is 0.489 e. The Morgan fingerprint density at radius 1 is 0.717 bits per heavy atom. The van der Waals surface area contributed by atoms with Crippen LogP contribution in [0.25, 0.3) is 0 Å². The predicted octanol–water partition coefficient (Wildman–Crippen LogP) is 3.14. The molecule has 0 aliphatic carbocycles. The van der Waals surface area contributed by atoms with Gasteiger partial charge in [-0.3, -0.25) is 9.59 Å². The molecular formula is C32H35FN2O11. The number of anilines is 2. The molecule has 0 aliphatic rings. The van der Waals surface area contributed by atoms with Gasteiger partial charge in [0.05, 0.1) is 39.8 Å². The third-order valence-electron chi connectivity index (χ3n) is 6.33. The molecule has 3 rings (SSSR count). The quantitative estimate of drug-likeness (QED) is 0.0996. The highest BCUT2D eigenvalue weighted by Gasteiger charge is 2.29. The van der Waals surface area contributed by atoms with Gasteiger partial charge in [-0.2, -0.15) is 0 Å². The zero-order valence-corrected chi connectivity index (χ0v) is 25.8. The van der Waals surface area contributed by atoms with Crippen LogP contribution in [0.4, 0.5) is 15.8 Å². The number of benzene rings is 3. The van der Waals surface area contributed by atoms with Crippen molar-refractivity contribution in [1.82, 2.24) is 0 Å². The molecule has 0 spiro atoms. The molecule has 1 N–H and O–H groups in total. The predicted molar refractivity (Wildman–Crippen MR) is 162 cm³/mol. The summed E-state index contributed by atoms with van der Waals surface area (Å²) in [6.07, 6.45) is 0. The number of methoxy groups -OCH3 is 4. The smallest absolute Gasteiger partial charge is 0.340 e. The maximum atomic E-state index is 14.1. The van der Waals surface area contributed by atoms with E-state index in [4.69, 9.17) is 23.7 Å². The second-order valence-electron chi connectivity index (χ2n) is 9.37. The van der Waals surface area contributed by atoms with Gasteiger partial charge < -0.3 is 43.4 Å². The molecular weight excluding hydrogens is 607 g/mol. The summed E-state index contributed by atoms with van der Waals surface area (Å²) in [5, 5.41) is 2.65. The Hall–Kier alpha value is -5.53. The molecule has 0 fully saturated rings. The van der Waals surface area contributed by atoms with Crippen molar-refractivity contribution < 1.29 is 56.7 Å². The number of rotatable bonds is 17. The van der Waals surface area contributed by atoms with Crippen molar-refractivity contribution in [3.05, 3.63) is 78.1 Å². The Morgan fingerprint density at radius 3 is 1.91 bits per heavy atom. The number of esters is 4. The summed E-state index contributed by atoms with van der Waals surface area (Å²) >= 11 is 0. The van der Waals surface area contributed by atoms with E-state index in [9.17, 15) is 23.6 Å². The molecule has 246 valence electrons. The third kappa shape index (κ3) is 10.3. The lowest BCUT2D eigenvalue weighted by Gasteiger charge is -2.25. The minimum Gasteiger partial charge on any atom is -0.489 e. The second-order valence-corrected chi connectivity index (χ2v) is 9.37. The molecule has 0 atom stereocenters. The van der Waals surface area contributed by atoms with Crippen molar-refractivity contribution in [2.45, 2.75) is 12.6 Å². The lowest BCUT2D eigenvalue weighted by Crippen LogP contribution is -2.39. The summed E-state index contributed by atoms with van der Waals surface area (Å²) < 4.78 is 50.7. The first-order chi connectivity index (χ1) is 22.2. The summed E-state index contributed by atoms with van der Waals surface area (Å²) in [6.45, 7) is -0.562. The van der Waals surface area contributed by atoms with E-state index in [1.165, 1.54) is 25.2 Å². The molecule has 46 heavy (non-hydrogen) atoms. The first-order valence-electron chi connectivity index (χ1n) is 13.9. The van der Waals surface area contributed by atoms with Gasteiger partial charge in [-0.1, -0.05) is 30.3 Å². The molecule has 13 nitrogen and oxygen atoms in total. The van der Waals surface area contributed by atoms with E-state index in [-0.39, 0.29) is 50.1 Å². The number of carbonyl (C=O) groups is 4. The van der Waals surface area contributed by atoms with Gasteiger partial charge in [0, 0.05) is 12.1 Å². The highest BCUT2D eigenvalue weighted by molar-refractivity contribution is 6.02. The Labute approximate surface area is 265 Å². The number of hydrogen-bond donors (Lipinski definition) is 1. The Balaban J connectivity index is 1.81. The van der Waals surface area contributed by atoms with E-state index >= 15 is 0 Å². The molecule has 0 amide bonds. The standard InChI is InChI=1S/C32H35FN2O11/c1-40-28(36)18-35(19-29(37)41-2)25-17-23(46-20-21-8-6-5-7-9-21)11-13-26(25)44-14-15-45-27-16-22(33)10-12-24(27)34-30(31(38)42-3)32(39)43-4/h5-13,16-17,30,34H,14-15,18-20H2,1-4H3. The van der Waals surface area contributed by atoms with E-state index < -0.39 is 35.7 Å². The third-order valence-corrected chi connectivity index (χ3v) is 6.33. The minimum atomic E-state index is -1.53. The van der Waals surface area contributed by atoms with Crippen LogP contribution in [-0.2, 0) is 44.7 Å². The van der Waals surface area contributed by atoms with Crippen LogP contribution in [0.3, 0.4) is 0 Å². The number of nitrogens with zero attached hydrogens (tertiary/aromatic N) is 1. The Bertz CT molecular complexity index is 1450. The normalized spacial score (nSPS) is 10.4. The fraction of sp³-hybridized carbons (Fsp3) is 0.312. The summed E-state index contributed by atoms with van der Waals surface area (Å²) in [7, 11) is 4.65. The Morgan fingerprint density at radius 2 is 1.33 bits per heavy atom. The maximum Gasteiger partial charge on any atom is 0.340 e. The second kappa shape index (κ2) is 17.7. The zero-order chi connectivity index (χ0) is 33.5. The molecule has 0 aromatic heterocycles. The maximum absolute atomic E-state index is 14.1. The van der Waals surface area contributed by atoms with Crippen molar-refractivity contribution >= 4 is 35.3 Å². The number of hydrogen-bond acceptors (Lipinski definition) is 13. The van der Waals surface area contributed by atoms with Crippen molar-refractivity contribution in [2.75, 3.05) is 65.0 Å². The van der Waals surface area contributed by atoms with E-state index in [1.54, 1.807) is 18.2 Å². The van der Waals surface area contributed by atoms with Crippen LogP contribution in [0.1, 0.15) is 5.56 Å². The SMILES string of the molecule is COC(=O)CN(CC(=O)OC)c1cc(OCc2ccccc2)ccc1OCCOc1cc(F)ccc1NC(C(=O)OC)C(=O)OC. The van der Waals surface area contributed by atoms with Crippen molar-refractivity contribution in [3.63, 3.8) is 0 Å². The van der Waals surface area contributed by atoms with E-state index in [0.717, 1.165) is 31.9 Å². The van der Waals surface area contributed by atoms with Crippen LogP contribution < -0.4 is 24.4 Å². The monoisotopic (exact) mass is 642 g/mol. The summed E-state index contributed by atoms with van der Waals surface area (Å²) in [4.78, 5) is 50.1. The van der Waals surface area contributed by atoms with Gasteiger partial charge in [0.15, 0.2) is 0 Å². The van der Waals surface area contributed by atoms with Crippen LogP contribution in [0, 0.1) is 5.82 Å². The van der Waals surface area contributed by atoms with Crippen molar-refractivity contribution in [1.29, 1.82) is 0 Å². The number of ether oxygens (including phenoxy) is 7. The first-order valence-corrected chi connectivity index (χ1v) is 13.9. The molecule has 14 heteroatoms. The van der Waals surface area contributed by atoms with E-state index in [2.05, 4.69) is 14.8 Å². The molecule has 0 heterocycles. The molecule has 0 saturated carbocycles. The van der Waals surface area contributed by atoms with Crippen molar-refractivity contribution in [3.8, 4) is 17.2 Å². The Kier molecular flexibility index (Phi) is 13.4. The molecule has 0 unspecified atom stereocenters. The van der Waals surface area contributed by atoms with Crippen molar-refractivity contribution in [2.24, 2.45) is 0 Å². The van der Waals surface area contributed by atoms with E-state index in [0.29, 0.717) is 11.4 Å². The molecule has 3 aromatic carbocycles. The van der Waals surface area contributed by atoms with Gasteiger partial charge in [0.25, 0.3) is 0 Å². The highest BCUT2D eigenvalue weighted by atomic mass is 19.1. The van der Waals surface area contributed by atoms with Gasteiger partial charge in [-0.05, 0) is 29.8 Å². The fourth-order valence-electron chi connectivity index (χ4n) is 4.01. The summed E-state index contributed by atoms with van der Waals surface area (Å²) in [6, 6.07) is 16.3.